The van der Waals surface area contributed by atoms with Crippen LogP contribution in [0, 0.1) is 10.8 Å². The van der Waals surface area contributed by atoms with E-state index in [9.17, 15) is 9.59 Å². The fraction of sp³-hybridized carbons (Fsp3) is 0.462. The Kier molecular flexibility index (Phi) is 5.78. The third kappa shape index (κ3) is 4.92. The van der Waals surface area contributed by atoms with Crippen molar-refractivity contribution in [1.82, 2.24) is 4.90 Å². The topological polar surface area (TPSA) is 49.9 Å². The highest BCUT2D eigenvalue weighted by molar-refractivity contribution is 5.84. The van der Waals surface area contributed by atoms with Crippen LogP contribution in [0.2, 0.25) is 0 Å². The predicted molar refractivity (Wildman–Crippen MR) is 122 cm³/mol. The van der Waals surface area contributed by atoms with Gasteiger partial charge in [-0.3, -0.25) is 9.59 Å². The Morgan fingerprint density at radius 2 is 1.55 bits per heavy atom. The number of fused-ring (bicyclic) bond motifs is 2. The number of hydrogen-bond donors (Lipinski definition) is 0. The zero-order valence-electron chi connectivity index (χ0n) is 18.7. The van der Waals surface area contributed by atoms with Gasteiger partial charge in [0.1, 0.15) is 6.54 Å². The summed E-state index contributed by atoms with van der Waals surface area (Å²) >= 11 is 0. The first-order valence-corrected chi connectivity index (χ1v) is 11.1. The first-order valence-electron chi connectivity index (χ1n) is 11.1. The zero-order valence-corrected chi connectivity index (χ0v) is 18.7. The lowest BCUT2D eigenvalue weighted by molar-refractivity contribution is -0.151. The molecule has 1 amide bonds. The van der Waals surface area contributed by atoms with Crippen LogP contribution >= 0.6 is 0 Å². The van der Waals surface area contributed by atoms with Crippen LogP contribution in [0.3, 0.4) is 0 Å². The number of benzene rings is 2. The summed E-state index contributed by atoms with van der Waals surface area (Å²) in [5.41, 5.74) is 2.22. The minimum Gasteiger partial charge on any atom is -0.454 e. The summed E-state index contributed by atoms with van der Waals surface area (Å²) in [6.45, 7) is 7.47. The first kappa shape index (κ1) is 21.4. The number of carbonyl (C=O) groups excluding carboxylic acids is 2. The standard InChI is InChI=1S/C26H32N2O3/c1-25(2)14-22-15-26(3,18-25)19-28(22)23(29)17-31-24(30)16-27(20-10-6-4-7-11-20)21-12-8-5-9-13-21/h4-13,22H,14-19H2,1-3H3. The van der Waals surface area contributed by atoms with Crippen molar-refractivity contribution < 1.29 is 14.3 Å². The molecule has 2 unspecified atom stereocenters. The number of amides is 1. The molecule has 5 nitrogen and oxygen atoms in total. The normalized spacial score (nSPS) is 24.0. The molecule has 5 heteroatoms. The van der Waals surface area contributed by atoms with Crippen molar-refractivity contribution in [3.63, 3.8) is 0 Å². The average molecular weight is 421 g/mol. The predicted octanol–water partition coefficient (Wildman–Crippen LogP) is 4.80. The van der Waals surface area contributed by atoms with E-state index in [4.69, 9.17) is 4.74 Å². The zero-order chi connectivity index (χ0) is 22.1. The second kappa shape index (κ2) is 8.37. The maximum absolute atomic E-state index is 12.9. The first-order chi connectivity index (χ1) is 14.7. The lowest BCUT2D eigenvalue weighted by Gasteiger charge is -2.39. The molecule has 1 heterocycles. The lowest BCUT2D eigenvalue weighted by Crippen LogP contribution is -2.40. The van der Waals surface area contributed by atoms with E-state index in [0.717, 1.165) is 37.2 Å². The molecule has 0 aromatic heterocycles. The highest BCUT2D eigenvalue weighted by atomic mass is 16.5. The molecule has 1 saturated carbocycles. The molecule has 4 rings (SSSR count). The quantitative estimate of drug-likeness (QED) is 0.630. The van der Waals surface area contributed by atoms with E-state index in [1.165, 1.54) is 0 Å². The van der Waals surface area contributed by atoms with Gasteiger partial charge in [-0.1, -0.05) is 57.2 Å². The van der Waals surface area contributed by atoms with Crippen LogP contribution in [0.1, 0.15) is 40.0 Å². The number of para-hydroxylation sites is 2. The maximum atomic E-state index is 12.9. The van der Waals surface area contributed by atoms with Gasteiger partial charge in [0.05, 0.1) is 0 Å². The maximum Gasteiger partial charge on any atom is 0.326 e. The minimum absolute atomic E-state index is 0.0511. The molecule has 0 spiro atoms. The number of carbonyl (C=O) groups is 2. The van der Waals surface area contributed by atoms with Gasteiger partial charge in [-0.25, -0.2) is 0 Å². The Bertz CT molecular complexity index is 889. The molecular formula is C26H32N2O3. The van der Waals surface area contributed by atoms with E-state index in [-0.39, 0.29) is 35.9 Å². The van der Waals surface area contributed by atoms with Gasteiger partial charge in [0.2, 0.25) is 0 Å². The Morgan fingerprint density at radius 3 is 2.13 bits per heavy atom. The highest BCUT2D eigenvalue weighted by Gasteiger charge is 2.50. The summed E-state index contributed by atoms with van der Waals surface area (Å²) in [6.07, 6.45) is 3.19. The van der Waals surface area contributed by atoms with Gasteiger partial charge >= 0.3 is 5.97 Å². The molecule has 0 N–H and O–H groups in total. The number of rotatable bonds is 6. The van der Waals surface area contributed by atoms with Gasteiger partial charge in [0, 0.05) is 24.0 Å². The van der Waals surface area contributed by atoms with Gasteiger partial charge < -0.3 is 14.5 Å². The van der Waals surface area contributed by atoms with Crippen molar-refractivity contribution in [2.45, 2.75) is 46.1 Å². The van der Waals surface area contributed by atoms with Gasteiger partial charge in [-0.05, 0) is 54.4 Å². The second-order valence-electron chi connectivity index (χ2n) is 10.2. The number of esters is 1. The number of likely N-dealkylation sites (tertiary alicyclic amines) is 1. The largest absolute Gasteiger partial charge is 0.454 e. The third-order valence-electron chi connectivity index (χ3n) is 6.51. The number of hydrogen-bond acceptors (Lipinski definition) is 4. The van der Waals surface area contributed by atoms with Crippen molar-refractivity contribution in [2.75, 3.05) is 24.6 Å². The molecule has 0 radical (unpaired) electrons. The van der Waals surface area contributed by atoms with Gasteiger partial charge in [-0.2, -0.15) is 0 Å². The number of ether oxygens (including phenoxy) is 1. The van der Waals surface area contributed by atoms with E-state index in [1.54, 1.807) is 0 Å². The van der Waals surface area contributed by atoms with Crippen LogP contribution in [0.25, 0.3) is 0 Å². The SMILES string of the molecule is CC1(C)CC2CC(C)(CN2C(=O)COC(=O)CN(c2ccccc2)c2ccccc2)C1. The Hall–Kier alpha value is -2.82. The van der Waals surface area contributed by atoms with Crippen LogP contribution in [0.15, 0.2) is 60.7 Å². The van der Waals surface area contributed by atoms with E-state index in [0.29, 0.717) is 0 Å². The van der Waals surface area contributed by atoms with Crippen molar-refractivity contribution >= 4 is 23.3 Å². The third-order valence-corrected chi connectivity index (χ3v) is 6.51. The van der Waals surface area contributed by atoms with Crippen LogP contribution < -0.4 is 4.90 Å². The van der Waals surface area contributed by atoms with Crippen molar-refractivity contribution in [3.8, 4) is 0 Å². The van der Waals surface area contributed by atoms with Crippen LogP contribution in [0.4, 0.5) is 11.4 Å². The summed E-state index contributed by atoms with van der Waals surface area (Å²) < 4.78 is 5.45. The number of anilines is 2. The Labute approximate surface area is 185 Å². The molecule has 2 bridgehead atoms. The molecule has 2 aromatic carbocycles. The molecule has 2 fully saturated rings. The van der Waals surface area contributed by atoms with E-state index in [2.05, 4.69) is 20.8 Å². The summed E-state index contributed by atoms with van der Waals surface area (Å²) in [7, 11) is 0. The van der Waals surface area contributed by atoms with Gasteiger partial charge in [0.15, 0.2) is 6.61 Å². The van der Waals surface area contributed by atoms with Crippen molar-refractivity contribution in [3.05, 3.63) is 60.7 Å². The molecule has 2 atom stereocenters. The Balaban J connectivity index is 1.38. The van der Waals surface area contributed by atoms with E-state index in [1.807, 2.05) is 70.5 Å². The smallest absolute Gasteiger partial charge is 0.326 e. The minimum atomic E-state index is -0.408. The molecule has 1 saturated heterocycles. The van der Waals surface area contributed by atoms with Crippen LogP contribution in [-0.4, -0.2) is 42.5 Å². The lowest BCUT2D eigenvalue weighted by atomic mass is 9.65. The fourth-order valence-corrected chi connectivity index (χ4v) is 5.70. The van der Waals surface area contributed by atoms with Crippen molar-refractivity contribution in [1.29, 1.82) is 0 Å². The average Bonchev–Trinajstić information content (AvgIpc) is 3.00. The highest BCUT2D eigenvalue weighted by Crippen LogP contribution is 2.52. The molecular weight excluding hydrogens is 388 g/mol. The summed E-state index contributed by atoms with van der Waals surface area (Å²) in [4.78, 5) is 29.4. The van der Waals surface area contributed by atoms with E-state index >= 15 is 0 Å². The summed E-state index contributed by atoms with van der Waals surface area (Å²) in [6, 6.07) is 19.7. The van der Waals surface area contributed by atoms with Crippen molar-refractivity contribution in [2.24, 2.45) is 10.8 Å². The second-order valence-corrected chi connectivity index (χ2v) is 10.2. The number of nitrogens with zero attached hydrogens (tertiary/aromatic N) is 2. The van der Waals surface area contributed by atoms with Gasteiger partial charge in [-0.15, -0.1) is 0 Å². The molecule has 2 aromatic rings. The monoisotopic (exact) mass is 420 g/mol. The van der Waals surface area contributed by atoms with Crippen LogP contribution in [0.5, 0.6) is 0 Å². The fourth-order valence-electron chi connectivity index (χ4n) is 5.70. The summed E-state index contributed by atoms with van der Waals surface area (Å²) in [5.74, 6) is -0.486. The Morgan fingerprint density at radius 1 is 0.968 bits per heavy atom. The molecule has 1 aliphatic carbocycles. The molecule has 164 valence electrons. The van der Waals surface area contributed by atoms with Crippen LogP contribution in [-0.2, 0) is 14.3 Å². The molecule has 1 aliphatic heterocycles. The molecule has 31 heavy (non-hydrogen) atoms. The van der Waals surface area contributed by atoms with E-state index < -0.39 is 5.97 Å². The van der Waals surface area contributed by atoms with Gasteiger partial charge in [0.25, 0.3) is 5.91 Å². The summed E-state index contributed by atoms with van der Waals surface area (Å²) in [5, 5.41) is 0. The molecule has 2 aliphatic rings.